The normalized spacial score (nSPS) is 9.85. The number of hydrogen-bond donors (Lipinski definition) is 3. The maximum Gasteiger partial charge on any atom is 0.354 e. The average molecular weight is 272 g/mol. The molecule has 7 heteroatoms. The fraction of sp³-hybridized carbons (Fsp3) is 0.0769. The van der Waals surface area contributed by atoms with Crippen LogP contribution in [0.3, 0.4) is 0 Å². The molecule has 2 aromatic rings. The van der Waals surface area contributed by atoms with Gasteiger partial charge < -0.3 is 15.7 Å². The monoisotopic (exact) mass is 272 g/mol. The molecule has 2 rings (SSSR count). The minimum absolute atomic E-state index is 0.0845. The van der Waals surface area contributed by atoms with Crippen molar-refractivity contribution in [1.29, 1.82) is 0 Å². The number of nitrogens with one attached hydrogen (secondary N) is 2. The number of amides is 2. The Balaban J connectivity index is 1.97. The predicted octanol–water partition coefficient (Wildman–Crippen LogP) is 2.13. The number of urea groups is 1. The van der Waals surface area contributed by atoms with Gasteiger partial charge in [0.1, 0.15) is 5.69 Å². The summed E-state index contributed by atoms with van der Waals surface area (Å²) < 4.78 is 0. The molecule has 2 aromatic heterocycles. The van der Waals surface area contributed by atoms with Crippen LogP contribution in [0.1, 0.15) is 16.2 Å². The average Bonchev–Trinajstić information content (AvgIpc) is 2.42. The first-order valence-electron chi connectivity index (χ1n) is 5.74. The van der Waals surface area contributed by atoms with Gasteiger partial charge in [0.2, 0.25) is 0 Å². The summed E-state index contributed by atoms with van der Waals surface area (Å²) in [5.41, 5.74) is 1.72. The third-order valence-corrected chi connectivity index (χ3v) is 2.41. The molecule has 7 nitrogen and oxygen atoms in total. The van der Waals surface area contributed by atoms with Gasteiger partial charge in [0.05, 0.1) is 23.8 Å². The molecule has 102 valence electrons. The molecule has 0 bridgehead atoms. The van der Waals surface area contributed by atoms with Crippen molar-refractivity contribution >= 4 is 23.4 Å². The Morgan fingerprint density at radius 2 is 1.60 bits per heavy atom. The first kappa shape index (κ1) is 13.5. The van der Waals surface area contributed by atoms with Crippen molar-refractivity contribution in [2.75, 3.05) is 10.6 Å². The summed E-state index contributed by atoms with van der Waals surface area (Å²) in [5.74, 6) is -1.12. The third kappa shape index (κ3) is 3.52. The number of rotatable bonds is 3. The van der Waals surface area contributed by atoms with Crippen molar-refractivity contribution in [3.63, 3.8) is 0 Å². The number of carboxylic acids is 1. The lowest BCUT2D eigenvalue weighted by atomic mass is 10.3. The summed E-state index contributed by atoms with van der Waals surface area (Å²) in [6.45, 7) is 1.85. The number of aryl methyl sites for hydroxylation is 1. The van der Waals surface area contributed by atoms with Gasteiger partial charge in [-0.1, -0.05) is 0 Å². The SMILES string of the molecule is Cc1ccc(NC(=O)Nc2ccc(C(=O)O)nc2)cn1. The summed E-state index contributed by atoms with van der Waals surface area (Å²) in [6, 6.07) is 5.82. The Hall–Kier alpha value is -2.96. The Morgan fingerprint density at radius 1 is 1.00 bits per heavy atom. The number of carboxylic acid groups (broad SMARTS) is 1. The molecule has 0 spiro atoms. The van der Waals surface area contributed by atoms with Crippen LogP contribution in [0.25, 0.3) is 0 Å². The van der Waals surface area contributed by atoms with Crippen molar-refractivity contribution in [2.24, 2.45) is 0 Å². The molecule has 0 aromatic carbocycles. The zero-order valence-electron chi connectivity index (χ0n) is 10.6. The highest BCUT2D eigenvalue weighted by Gasteiger charge is 2.06. The molecule has 20 heavy (non-hydrogen) atoms. The Kier molecular flexibility index (Phi) is 3.90. The van der Waals surface area contributed by atoms with E-state index in [4.69, 9.17) is 5.11 Å². The number of nitrogens with zero attached hydrogens (tertiary/aromatic N) is 2. The fourth-order valence-electron chi connectivity index (χ4n) is 1.43. The van der Waals surface area contributed by atoms with E-state index in [-0.39, 0.29) is 5.69 Å². The summed E-state index contributed by atoms with van der Waals surface area (Å²) in [7, 11) is 0. The van der Waals surface area contributed by atoms with Crippen LogP contribution in [0.2, 0.25) is 0 Å². The number of carbonyl (C=O) groups excluding carboxylic acids is 1. The summed E-state index contributed by atoms with van der Waals surface area (Å²) in [6.07, 6.45) is 2.82. The maximum atomic E-state index is 11.7. The van der Waals surface area contributed by atoms with Gasteiger partial charge in [-0.3, -0.25) is 4.98 Å². The molecule has 0 saturated carbocycles. The molecule has 0 atom stereocenters. The van der Waals surface area contributed by atoms with Gasteiger partial charge in [-0.2, -0.15) is 0 Å². The molecule has 0 aliphatic carbocycles. The molecule has 0 fully saturated rings. The van der Waals surface area contributed by atoms with Crippen molar-refractivity contribution in [2.45, 2.75) is 6.92 Å². The number of aromatic carboxylic acids is 1. The van der Waals surface area contributed by atoms with E-state index in [1.54, 1.807) is 18.3 Å². The largest absolute Gasteiger partial charge is 0.477 e. The minimum Gasteiger partial charge on any atom is -0.477 e. The molecular weight excluding hydrogens is 260 g/mol. The maximum absolute atomic E-state index is 11.7. The molecular formula is C13H12N4O3. The smallest absolute Gasteiger partial charge is 0.354 e. The molecule has 0 unspecified atom stereocenters. The lowest BCUT2D eigenvalue weighted by Gasteiger charge is -2.07. The third-order valence-electron chi connectivity index (χ3n) is 2.41. The number of carbonyl (C=O) groups is 2. The number of hydrogen-bond acceptors (Lipinski definition) is 4. The van der Waals surface area contributed by atoms with Crippen LogP contribution in [-0.2, 0) is 0 Å². The highest BCUT2D eigenvalue weighted by molar-refractivity contribution is 5.99. The van der Waals surface area contributed by atoms with Crippen LogP contribution in [0.15, 0.2) is 36.7 Å². The molecule has 0 radical (unpaired) electrons. The first-order chi connectivity index (χ1) is 9.54. The Bertz CT molecular complexity index is 623. The molecule has 3 N–H and O–H groups in total. The lowest BCUT2D eigenvalue weighted by Crippen LogP contribution is -2.19. The number of pyridine rings is 2. The van der Waals surface area contributed by atoms with Crippen molar-refractivity contribution < 1.29 is 14.7 Å². The zero-order chi connectivity index (χ0) is 14.5. The highest BCUT2D eigenvalue weighted by Crippen LogP contribution is 2.09. The predicted molar refractivity (Wildman–Crippen MR) is 72.8 cm³/mol. The van der Waals surface area contributed by atoms with Gasteiger partial charge >= 0.3 is 12.0 Å². The molecule has 0 saturated heterocycles. The molecule has 0 aliphatic heterocycles. The van der Waals surface area contributed by atoms with Crippen LogP contribution in [0.4, 0.5) is 16.2 Å². The quantitative estimate of drug-likeness (QED) is 0.793. The topological polar surface area (TPSA) is 104 Å². The summed E-state index contributed by atoms with van der Waals surface area (Å²) in [5, 5.41) is 13.8. The van der Waals surface area contributed by atoms with E-state index in [9.17, 15) is 9.59 Å². The minimum atomic E-state index is -1.12. The van der Waals surface area contributed by atoms with Crippen LogP contribution in [0.5, 0.6) is 0 Å². The molecule has 0 aliphatic rings. The molecule has 2 heterocycles. The van der Waals surface area contributed by atoms with E-state index < -0.39 is 12.0 Å². The highest BCUT2D eigenvalue weighted by atomic mass is 16.4. The summed E-state index contributed by atoms with van der Waals surface area (Å²) >= 11 is 0. The van der Waals surface area contributed by atoms with Crippen LogP contribution >= 0.6 is 0 Å². The van der Waals surface area contributed by atoms with Gasteiger partial charge in [0, 0.05) is 5.69 Å². The Labute approximate surface area is 114 Å². The van der Waals surface area contributed by atoms with E-state index in [0.717, 1.165) is 5.69 Å². The van der Waals surface area contributed by atoms with Gasteiger partial charge in [-0.25, -0.2) is 14.6 Å². The first-order valence-corrected chi connectivity index (χ1v) is 5.74. The van der Waals surface area contributed by atoms with Crippen molar-refractivity contribution in [1.82, 2.24) is 9.97 Å². The van der Waals surface area contributed by atoms with E-state index in [1.807, 2.05) is 6.92 Å². The van der Waals surface area contributed by atoms with Crippen molar-refractivity contribution in [3.05, 3.63) is 48.0 Å². The fourth-order valence-corrected chi connectivity index (χ4v) is 1.43. The molecule has 2 amide bonds. The van der Waals surface area contributed by atoms with E-state index in [0.29, 0.717) is 11.4 Å². The second kappa shape index (κ2) is 5.79. The summed E-state index contributed by atoms with van der Waals surface area (Å²) in [4.78, 5) is 30.1. The van der Waals surface area contributed by atoms with E-state index in [2.05, 4.69) is 20.6 Å². The standard InChI is InChI=1S/C13H12N4O3/c1-8-2-3-9(6-14-8)16-13(20)17-10-4-5-11(12(18)19)15-7-10/h2-7H,1H3,(H,18,19)(H2,16,17,20). The van der Waals surface area contributed by atoms with E-state index >= 15 is 0 Å². The van der Waals surface area contributed by atoms with Gasteiger partial charge in [-0.05, 0) is 31.2 Å². The van der Waals surface area contributed by atoms with Gasteiger partial charge in [0.25, 0.3) is 0 Å². The van der Waals surface area contributed by atoms with Crippen molar-refractivity contribution in [3.8, 4) is 0 Å². The van der Waals surface area contributed by atoms with E-state index in [1.165, 1.54) is 18.3 Å². The lowest BCUT2D eigenvalue weighted by molar-refractivity contribution is 0.0690. The Morgan fingerprint density at radius 3 is 2.05 bits per heavy atom. The van der Waals surface area contributed by atoms with Crippen LogP contribution in [0, 0.1) is 6.92 Å². The number of anilines is 2. The number of aromatic nitrogens is 2. The van der Waals surface area contributed by atoms with Gasteiger partial charge in [-0.15, -0.1) is 0 Å². The van der Waals surface area contributed by atoms with Gasteiger partial charge in [0.15, 0.2) is 0 Å². The second-order valence-electron chi connectivity index (χ2n) is 4.00. The zero-order valence-corrected chi connectivity index (χ0v) is 10.6. The second-order valence-corrected chi connectivity index (χ2v) is 4.00. The van der Waals surface area contributed by atoms with Crippen LogP contribution < -0.4 is 10.6 Å². The van der Waals surface area contributed by atoms with Crippen LogP contribution in [-0.4, -0.2) is 27.1 Å².